The van der Waals surface area contributed by atoms with Crippen LogP contribution >= 0.6 is 7.82 Å². The van der Waals surface area contributed by atoms with Crippen LogP contribution in [0.5, 0.6) is 0 Å². The molecule has 0 aromatic rings. The number of carbonyl (C=O) groups is 2. The number of hydrogen-bond acceptors (Lipinski definition) is 8. The summed E-state index contributed by atoms with van der Waals surface area (Å²) >= 11 is 0. The number of ether oxygens (including phenoxy) is 2. The smallest absolute Gasteiger partial charge is 0.462 e. The fourth-order valence-corrected chi connectivity index (χ4v) is 11.0. The van der Waals surface area contributed by atoms with Gasteiger partial charge in [-0.1, -0.05) is 321 Å². The number of phosphoric acid groups is 1. The third-order valence-corrected chi connectivity index (χ3v) is 16.1. The van der Waals surface area contributed by atoms with Crippen molar-refractivity contribution < 1.29 is 37.6 Å². The second-order valence-corrected chi connectivity index (χ2v) is 24.2. The average molecular weight is 1080 g/mol. The molecular formula is C65H128NO8P. The first-order chi connectivity index (χ1) is 36.8. The molecule has 9 nitrogen and oxygen atoms in total. The monoisotopic (exact) mass is 1080 g/mol. The zero-order chi connectivity index (χ0) is 54.5. The molecule has 0 aliphatic rings. The summed E-state index contributed by atoms with van der Waals surface area (Å²) in [4.78, 5) is 35.3. The second kappa shape index (κ2) is 62.0. The molecule has 0 aliphatic heterocycles. The highest BCUT2D eigenvalue weighted by Gasteiger charge is 2.26. The number of allylic oxidation sites excluding steroid dienone is 2. The maximum atomic E-state index is 12.7. The van der Waals surface area contributed by atoms with E-state index in [9.17, 15) is 19.0 Å². The first-order valence-corrected chi connectivity index (χ1v) is 34.7. The molecule has 0 rings (SSSR count). The molecule has 446 valence electrons. The third kappa shape index (κ3) is 61.8. The van der Waals surface area contributed by atoms with E-state index in [2.05, 4.69) is 26.0 Å². The van der Waals surface area contributed by atoms with Crippen LogP contribution < -0.4 is 5.73 Å². The van der Waals surface area contributed by atoms with Gasteiger partial charge < -0.3 is 20.1 Å². The summed E-state index contributed by atoms with van der Waals surface area (Å²) in [5, 5.41) is 0. The highest BCUT2D eigenvalue weighted by molar-refractivity contribution is 7.47. The van der Waals surface area contributed by atoms with Gasteiger partial charge in [-0.2, -0.15) is 0 Å². The number of esters is 2. The Labute approximate surface area is 466 Å². The van der Waals surface area contributed by atoms with E-state index in [-0.39, 0.29) is 38.6 Å². The van der Waals surface area contributed by atoms with Crippen LogP contribution in [0.1, 0.15) is 361 Å². The van der Waals surface area contributed by atoms with E-state index in [1.165, 1.54) is 295 Å². The number of hydrogen-bond donors (Lipinski definition) is 2. The Hall–Kier alpha value is -1.25. The molecule has 0 fully saturated rings. The van der Waals surface area contributed by atoms with Crippen molar-refractivity contribution >= 4 is 19.8 Å². The summed E-state index contributed by atoms with van der Waals surface area (Å²) in [7, 11) is -4.39. The van der Waals surface area contributed by atoms with Gasteiger partial charge in [-0.25, -0.2) is 4.57 Å². The van der Waals surface area contributed by atoms with Crippen LogP contribution in [-0.4, -0.2) is 49.3 Å². The van der Waals surface area contributed by atoms with Gasteiger partial charge in [0.15, 0.2) is 6.10 Å². The Kier molecular flexibility index (Phi) is 60.9. The standard InChI is InChI=1S/C65H128NO8P/c1-3-5-7-9-11-13-15-17-19-21-23-25-27-29-30-31-32-34-36-38-40-42-44-46-48-50-52-54-56-58-65(68)74-63(62-73-75(69,70)72-60-59-66)61-71-64(67)57-55-53-51-49-47-45-43-41-39-37-35-33-28-26-24-22-20-18-16-14-12-10-8-6-4-2/h21,23,63H,3-20,22,24-62,66H2,1-2H3,(H,69,70)/b23-21-. The molecule has 0 aromatic heterocycles. The van der Waals surface area contributed by atoms with E-state index in [1.54, 1.807) is 0 Å². The minimum absolute atomic E-state index is 0.0576. The summed E-state index contributed by atoms with van der Waals surface area (Å²) < 4.78 is 33.2. The van der Waals surface area contributed by atoms with Gasteiger partial charge in [-0.05, 0) is 38.5 Å². The largest absolute Gasteiger partial charge is 0.472 e. The normalized spacial score (nSPS) is 13.0. The van der Waals surface area contributed by atoms with Crippen LogP contribution in [0.3, 0.4) is 0 Å². The lowest BCUT2D eigenvalue weighted by atomic mass is 10.0. The topological polar surface area (TPSA) is 134 Å². The van der Waals surface area contributed by atoms with Crippen LogP contribution in [0, 0.1) is 0 Å². The van der Waals surface area contributed by atoms with Crippen LogP contribution in [0.25, 0.3) is 0 Å². The van der Waals surface area contributed by atoms with E-state index >= 15 is 0 Å². The van der Waals surface area contributed by atoms with Crippen LogP contribution in [0.4, 0.5) is 0 Å². The van der Waals surface area contributed by atoms with Gasteiger partial charge in [0.2, 0.25) is 0 Å². The lowest BCUT2D eigenvalue weighted by molar-refractivity contribution is -0.161. The van der Waals surface area contributed by atoms with Crippen molar-refractivity contribution in [3.8, 4) is 0 Å². The molecule has 0 aliphatic carbocycles. The van der Waals surface area contributed by atoms with E-state index in [1.807, 2.05) is 0 Å². The first kappa shape index (κ1) is 73.8. The van der Waals surface area contributed by atoms with E-state index in [0.717, 1.165) is 32.1 Å². The fraction of sp³-hybridized carbons (Fsp3) is 0.938. The number of carbonyl (C=O) groups excluding carboxylic acids is 2. The maximum absolute atomic E-state index is 12.7. The van der Waals surface area contributed by atoms with Gasteiger partial charge in [0.25, 0.3) is 0 Å². The minimum Gasteiger partial charge on any atom is -0.462 e. The summed E-state index contributed by atoms with van der Waals surface area (Å²) in [5.74, 6) is -0.802. The predicted octanol–water partition coefficient (Wildman–Crippen LogP) is 21.2. The maximum Gasteiger partial charge on any atom is 0.472 e. The third-order valence-electron chi connectivity index (χ3n) is 15.2. The summed E-state index contributed by atoms with van der Waals surface area (Å²) in [5.41, 5.74) is 5.40. The van der Waals surface area contributed by atoms with Crippen molar-refractivity contribution in [2.75, 3.05) is 26.4 Å². The van der Waals surface area contributed by atoms with E-state index in [0.29, 0.717) is 6.42 Å². The Morgan fingerprint density at radius 2 is 0.653 bits per heavy atom. The molecule has 75 heavy (non-hydrogen) atoms. The second-order valence-electron chi connectivity index (χ2n) is 22.7. The molecule has 2 unspecified atom stereocenters. The van der Waals surface area contributed by atoms with Crippen molar-refractivity contribution in [2.24, 2.45) is 5.73 Å². The van der Waals surface area contributed by atoms with Gasteiger partial charge in [0.05, 0.1) is 13.2 Å². The van der Waals surface area contributed by atoms with Crippen molar-refractivity contribution in [3.63, 3.8) is 0 Å². The SMILES string of the molecule is CCCCCCCCCC/C=C\CCCCCCCCCCCCCCCCCCCC(=O)OC(COC(=O)CCCCCCCCCCCCCCCCCCCCCCCCCCC)COP(=O)(O)OCCN. The Bertz CT molecular complexity index is 1230. The molecule has 0 amide bonds. The van der Waals surface area contributed by atoms with Crippen molar-refractivity contribution in [1.82, 2.24) is 0 Å². The molecule has 3 N–H and O–H groups in total. The summed E-state index contributed by atoms with van der Waals surface area (Å²) in [6.07, 6.45) is 73.0. The fourth-order valence-electron chi connectivity index (χ4n) is 10.2. The van der Waals surface area contributed by atoms with Gasteiger partial charge in [0, 0.05) is 19.4 Å². The summed E-state index contributed by atoms with van der Waals surface area (Å²) in [6.45, 7) is 3.83. The average Bonchev–Trinajstić information content (AvgIpc) is 3.40. The quantitative estimate of drug-likeness (QED) is 0.0264. The van der Waals surface area contributed by atoms with E-state index < -0.39 is 26.5 Å². The number of phosphoric ester groups is 1. The lowest BCUT2D eigenvalue weighted by Gasteiger charge is -2.19. The zero-order valence-electron chi connectivity index (χ0n) is 50.1. The first-order valence-electron chi connectivity index (χ1n) is 33.2. The molecule has 0 aromatic carbocycles. The van der Waals surface area contributed by atoms with Crippen LogP contribution in [-0.2, 0) is 32.7 Å². The molecule has 0 radical (unpaired) electrons. The molecule has 2 atom stereocenters. The Balaban J connectivity index is 3.84. The van der Waals surface area contributed by atoms with Crippen LogP contribution in [0.15, 0.2) is 12.2 Å². The minimum atomic E-state index is -4.39. The van der Waals surface area contributed by atoms with Crippen molar-refractivity contribution in [2.45, 2.75) is 367 Å². The predicted molar refractivity (Wildman–Crippen MR) is 321 cm³/mol. The molecule has 0 saturated heterocycles. The lowest BCUT2D eigenvalue weighted by Crippen LogP contribution is -2.29. The molecular weight excluding hydrogens is 954 g/mol. The molecule has 0 saturated carbocycles. The van der Waals surface area contributed by atoms with E-state index in [4.69, 9.17) is 24.3 Å². The zero-order valence-corrected chi connectivity index (χ0v) is 51.0. The Morgan fingerprint density at radius 3 is 0.947 bits per heavy atom. The van der Waals surface area contributed by atoms with Crippen LogP contribution in [0.2, 0.25) is 0 Å². The molecule has 10 heteroatoms. The number of unbranched alkanes of at least 4 members (excludes halogenated alkanes) is 49. The van der Waals surface area contributed by atoms with Gasteiger partial charge in [-0.15, -0.1) is 0 Å². The molecule has 0 heterocycles. The van der Waals surface area contributed by atoms with Gasteiger partial charge in [-0.3, -0.25) is 18.6 Å². The Morgan fingerprint density at radius 1 is 0.387 bits per heavy atom. The van der Waals surface area contributed by atoms with Crippen molar-refractivity contribution in [3.05, 3.63) is 12.2 Å². The highest BCUT2D eigenvalue weighted by Crippen LogP contribution is 2.43. The summed E-state index contributed by atoms with van der Waals surface area (Å²) in [6, 6.07) is 0. The highest BCUT2D eigenvalue weighted by atomic mass is 31.2. The van der Waals surface area contributed by atoms with Gasteiger partial charge in [0.1, 0.15) is 6.61 Å². The van der Waals surface area contributed by atoms with Crippen molar-refractivity contribution in [1.29, 1.82) is 0 Å². The van der Waals surface area contributed by atoms with Gasteiger partial charge >= 0.3 is 19.8 Å². The molecule has 0 bridgehead atoms. The molecule has 0 spiro atoms. The number of nitrogens with two attached hydrogens (primary N) is 1. The number of rotatable bonds is 64.